The summed E-state index contributed by atoms with van der Waals surface area (Å²) < 4.78 is 5.27. The van der Waals surface area contributed by atoms with E-state index < -0.39 is 5.54 Å². The highest BCUT2D eigenvalue weighted by atomic mass is 16.5. The first-order valence-electron chi connectivity index (χ1n) is 8.25. The van der Waals surface area contributed by atoms with E-state index in [-0.39, 0.29) is 5.97 Å². The molecule has 4 nitrogen and oxygen atoms in total. The van der Waals surface area contributed by atoms with Crippen LogP contribution >= 0.6 is 0 Å². The van der Waals surface area contributed by atoms with Gasteiger partial charge in [0.2, 0.25) is 0 Å². The second-order valence-corrected chi connectivity index (χ2v) is 6.39. The second-order valence-electron chi connectivity index (χ2n) is 6.39. The molecule has 1 aliphatic carbocycles. The van der Waals surface area contributed by atoms with Gasteiger partial charge in [0, 0.05) is 12.6 Å². The molecular weight excluding hydrogens is 252 g/mol. The van der Waals surface area contributed by atoms with E-state index in [0.717, 1.165) is 25.2 Å². The third-order valence-electron chi connectivity index (χ3n) is 5.16. The van der Waals surface area contributed by atoms with Crippen molar-refractivity contribution in [2.75, 3.05) is 26.7 Å². The lowest BCUT2D eigenvalue weighted by molar-refractivity contribution is -0.151. The molecule has 2 fully saturated rings. The van der Waals surface area contributed by atoms with Crippen LogP contribution in [0.15, 0.2) is 0 Å². The standard InChI is InChI=1S/C16H30N2O2/c1-4-6-13-8-10-18(12-13)14-7-9-16(11-14,17-3)15(19)20-5-2/h13-14,17H,4-12H2,1-3H3. The van der Waals surface area contributed by atoms with E-state index in [2.05, 4.69) is 17.1 Å². The van der Waals surface area contributed by atoms with Gasteiger partial charge in [0.15, 0.2) is 0 Å². The van der Waals surface area contributed by atoms with Gasteiger partial charge >= 0.3 is 5.97 Å². The fourth-order valence-electron chi connectivity index (χ4n) is 3.95. The lowest BCUT2D eigenvalue weighted by Gasteiger charge is -2.29. The van der Waals surface area contributed by atoms with E-state index in [9.17, 15) is 4.79 Å². The molecule has 0 aromatic heterocycles. The number of rotatable bonds is 6. The van der Waals surface area contributed by atoms with Gasteiger partial charge in [-0.2, -0.15) is 0 Å². The summed E-state index contributed by atoms with van der Waals surface area (Å²) in [4.78, 5) is 14.8. The summed E-state index contributed by atoms with van der Waals surface area (Å²) in [6, 6.07) is 0.550. The number of likely N-dealkylation sites (tertiary alicyclic amines) is 1. The fraction of sp³-hybridized carbons (Fsp3) is 0.938. The van der Waals surface area contributed by atoms with Crippen LogP contribution in [0, 0.1) is 5.92 Å². The van der Waals surface area contributed by atoms with Crippen LogP contribution in [-0.2, 0) is 9.53 Å². The lowest BCUT2D eigenvalue weighted by atomic mass is 9.97. The highest BCUT2D eigenvalue weighted by Gasteiger charge is 2.47. The van der Waals surface area contributed by atoms with Gasteiger partial charge in [0.25, 0.3) is 0 Å². The van der Waals surface area contributed by atoms with Gasteiger partial charge in [-0.3, -0.25) is 4.79 Å². The largest absolute Gasteiger partial charge is 0.465 e. The topological polar surface area (TPSA) is 41.6 Å². The molecule has 0 bridgehead atoms. The molecule has 116 valence electrons. The summed E-state index contributed by atoms with van der Waals surface area (Å²) >= 11 is 0. The Balaban J connectivity index is 1.92. The van der Waals surface area contributed by atoms with Crippen molar-refractivity contribution in [2.45, 2.75) is 64.0 Å². The minimum atomic E-state index is -0.441. The highest BCUT2D eigenvalue weighted by Crippen LogP contribution is 2.36. The zero-order chi connectivity index (χ0) is 14.6. The second kappa shape index (κ2) is 6.90. The van der Waals surface area contributed by atoms with Gasteiger partial charge in [0.05, 0.1) is 6.61 Å². The van der Waals surface area contributed by atoms with E-state index in [1.165, 1.54) is 32.4 Å². The predicted molar refractivity (Wildman–Crippen MR) is 80.7 cm³/mol. The van der Waals surface area contributed by atoms with E-state index in [0.29, 0.717) is 12.6 Å². The molecule has 0 radical (unpaired) electrons. The Morgan fingerprint density at radius 2 is 2.20 bits per heavy atom. The van der Waals surface area contributed by atoms with Crippen LogP contribution in [0.3, 0.4) is 0 Å². The first kappa shape index (κ1) is 15.8. The Hall–Kier alpha value is -0.610. The van der Waals surface area contributed by atoms with E-state index in [4.69, 9.17) is 4.74 Å². The average Bonchev–Trinajstić information content (AvgIpc) is 3.06. The number of carbonyl (C=O) groups is 1. The van der Waals surface area contributed by atoms with Crippen molar-refractivity contribution in [3.05, 3.63) is 0 Å². The first-order chi connectivity index (χ1) is 9.65. The summed E-state index contributed by atoms with van der Waals surface area (Å²) in [5.74, 6) is 0.807. The molecule has 4 heteroatoms. The van der Waals surface area contributed by atoms with Crippen LogP contribution in [0.1, 0.15) is 52.4 Å². The molecule has 2 rings (SSSR count). The van der Waals surface area contributed by atoms with Gasteiger partial charge in [-0.15, -0.1) is 0 Å². The normalized spacial score (nSPS) is 34.5. The van der Waals surface area contributed by atoms with Gasteiger partial charge < -0.3 is 15.0 Å². The summed E-state index contributed by atoms with van der Waals surface area (Å²) in [5.41, 5.74) is -0.441. The van der Waals surface area contributed by atoms with Crippen molar-refractivity contribution < 1.29 is 9.53 Å². The molecule has 0 aromatic rings. The first-order valence-corrected chi connectivity index (χ1v) is 8.25. The average molecular weight is 282 g/mol. The molecule has 0 spiro atoms. The lowest BCUT2D eigenvalue weighted by Crippen LogP contribution is -2.50. The maximum atomic E-state index is 12.2. The van der Waals surface area contributed by atoms with E-state index in [1.54, 1.807) is 0 Å². The minimum Gasteiger partial charge on any atom is -0.465 e. The minimum absolute atomic E-state index is 0.0608. The molecule has 1 saturated heterocycles. The highest BCUT2D eigenvalue weighted by molar-refractivity contribution is 5.81. The summed E-state index contributed by atoms with van der Waals surface area (Å²) in [7, 11) is 1.89. The Kier molecular flexibility index (Phi) is 5.44. The van der Waals surface area contributed by atoms with Gasteiger partial charge in [-0.1, -0.05) is 13.3 Å². The van der Waals surface area contributed by atoms with E-state index >= 15 is 0 Å². The number of nitrogens with one attached hydrogen (secondary N) is 1. The third kappa shape index (κ3) is 3.17. The predicted octanol–water partition coefficient (Wildman–Crippen LogP) is 2.18. The van der Waals surface area contributed by atoms with Crippen LogP contribution in [0.2, 0.25) is 0 Å². The maximum absolute atomic E-state index is 12.2. The van der Waals surface area contributed by atoms with Crippen LogP contribution in [0.5, 0.6) is 0 Å². The molecule has 1 aliphatic heterocycles. The molecule has 1 saturated carbocycles. The zero-order valence-electron chi connectivity index (χ0n) is 13.3. The summed E-state index contributed by atoms with van der Waals surface area (Å²) in [5, 5.41) is 3.25. The number of carbonyl (C=O) groups excluding carboxylic acids is 1. The van der Waals surface area contributed by atoms with Crippen molar-refractivity contribution in [1.82, 2.24) is 10.2 Å². The molecule has 3 unspecified atom stereocenters. The molecule has 0 aromatic carbocycles. The Bertz CT molecular complexity index is 334. The molecule has 0 amide bonds. The van der Waals surface area contributed by atoms with Crippen molar-refractivity contribution in [3.63, 3.8) is 0 Å². The molecule has 3 atom stereocenters. The van der Waals surface area contributed by atoms with Gasteiger partial charge in [-0.25, -0.2) is 0 Å². The number of hydrogen-bond acceptors (Lipinski definition) is 4. The Labute approximate surface area is 123 Å². The number of nitrogens with zero attached hydrogens (tertiary/aromatic N) is 1. The summed E-state index contributed by atoms with van der Waals surface area (Å²) in [6.45, 7) is 7.04. The monoisotopic (exact) mass is 282 g/mol. The molecule has 2 aliphatic rings. The van der Waals surface area contributed by atoms with Crippen molar-refractivity contribution >= 4 is 5.97 Å². The number of hydrogen-bond donors (Lipinski definition) is 1. The fourth-order valence-corrected chi connectivity index (χ4v) is 3.95. The quantitative estimate of drug-likeness (QED) is 0.758. The number of ether oxygens (including phenoxy) is 1. The van der Waals surface area contributed by atoms with Crippen molar-refractivity contribution in [3.8, 4) is 0 Å². The number of esters is 1. The van der Waals surface area contributed by atoms with Crippen molar-refractivity contribution in [2.24, 2.45) is 5.92 Å². The summed E-state index contributed by atoms with van der Waals surface area (Å²) in [6.07, 6.45) is 6.88. The maximum Gasteiger partial charge on any atom is 0.326 e. The smallest absolute Gasteiger partial charge is 0.326 e. The molecular formula is C16H30N2O2. The van der Waals surface area contributed by atoms with E-state index in [1.807, 2.05) is 14.0 Å². The molecule has 20 heavy (non-hydrogen) atoms. The molecule has 1 N–H and O–H groups in total. The number of likely N-dealkylation sites (N-methyl/N-ethyl adjacent to an activating group) is 1. The molecule has 1 heterocycles. The zero-order valence-corrected chi connectivity index (χ0v) is 13.3. The Morgan fingerprint density at radius 3 is 2.85 bits per heavy atom. The van der Waals surface area contributed by atoms with Crippen molar-refractivity contribution in [1.29, 1.82) is 0 Å². The van der Waals surface area contributed by atoms with Crippen LogP contribution < -0.4 is 5.32 Å². The van der Waals surface area contributed by atoms with Gasteiger partial charge in [0.1, 0.15) is 5.54 Å². The van der Waals surface area contributed by atoms with Crippen LogP contribution in [0.4, 0.5) is 0 Å². The van der Waals surface area contributed by atoms with Crippen LogP contribution in [0.25, 0.3) is 0 Å². The van der Waals surface area contributed by atoms with Gasteiger partial charge in [-0.05, 0) is 58.5 Å². The Morgan fingerprint density at radius 1 is 1.40 bits per heavy atom. The SMILES string of the molecule is CCCC1CCN(C2CCC(NC)(C(=O)OCC)C2)C1. The van der Waals surface area contributed by atoms with Crippen LogP contribution in [-0.4, -0.2) is 49.2 Å². The third-order valence-corrected chi connectivity index (χ3v) is 5.16.